The van der Waals surface area contributed by atoms with E-state index in [2.05, 4.69) is 9.47 Å². The van der Waals surface area contributed by atoms with Crippen LogP contribution in [0.15, 0.2) is 30.3 Å². The molecule has 0 bridgehead atoms. The van der Waals surface area contributed by atoms with Crippen molar-refractivity contribution < 1.29 is 53.8 Å². The van der Waals surface area contributed by atoms with Crippen LogP contribution in [0.4, 0.5) is 39.5 Å². The summed E-state index contributed by atoms with van der Waals surface area (Å²) in [4.78, 5) is 12.0. The van der Waals surface area contributed by atoms with Gasteiger partial charge in [-0.2, -0.15) is 35.1 Å². The summed E-state index contributed by atoms with van der Waals surface area (Å²) in [5.41, 5.74) is -2.75. The van der Waals surface area contributed by atoms with Crippen molar-refractivity contribution >= 4 is 5.97 Å². The van der Waals surface area contributed by atoms with Crippen molar-refractivity contribution in [2.45, 2.75) is 62.0 Å². The first kappa shape index (κ1) is 23.3. The van der Waals surface area contributed by atoms with Gasteiger partial charge in [-0.3, -0.25) is 0 Å². The molecule has 1 aromatic rings. The highest BCUT2D eigenvalue weighted by Gasteiger charge is 2.96. The van der Waals surface area contributed by atoms with Crippen molar-refractivity contribution in [2.75, 3.05) is 0 Å². The highest BCUT2D eigenvalue weighted by atomic mass is 19.4. The summed E-state index contributed by atoms with van der Waals surface area (Å²) in [5.74, 6) is -33.8. The van der Waals surface area contributed by atoms with Crippen LogP contribution in [0.2, 0.25) is 0 Å². The first-order valence-corrected chi connectivity index (χ1v) is 7.99. The Kier molecular flexibility index (Phi) is 5.23. The molecule has 0 N–H and O–H groups in total. The summed E-state index contributed by atoms with van der Waals surface area (Å²) in [6.07, 6.45) is -4.40. The minimum atomic E-state index is -6.88. The molecule has 1 aliphatic carbocycles. The molecule has 0 spiro atoms. The second kappa shape index (κ2) is 6.51. The van der Waals surface area contributed by atoms with Crippen LogP contribution in [0.5, 0.6) is 0 Å². The SMILES string of the molecule is CC(C)(C)OC1(F)C(OC(=O)c2ccccc2)C(F)(F)C(F)(F)C(F)(F)C1(F)F. The van der Waals surface area contributed by atoms with Crippen LogP contribution in [-0.4, -0.2) is 47.2 Å². The lowest BCUT2D eigenvalue weighted by atomic mass is 9.79. The van der Waals surface area contributed by atoms with E-state index in [0.29, 0.717) is 0 Å². The second-order valence-corrected chi connectivity index (χ2v) is 7.36. The summed E-state index contributed by atoms with van der Waals surface area (Å²) in [6.45, 7) is 2.47. The molecule has 0 aliphatic heterocycles. The lowest BCUT2D eigenvalue weighted by Gasteiger charge is -2.52. The van der Waals surface area contributed by atoms with Crippen molar-refractivity contribution in [1.82, 2.24) is 0 Å². The number of hydrogen-bond donors (Lipinski definition) is 0. The van der Waals surface area contributed by atoms with Gasteiger partial charge in [-0.1, -0.05) is 18.2 Å². The van der Waals surface area contributed by atoms with Gasteiger partial charge < -0.3 is 9.47 Å². The van der Waals surface area contributed by atoms with Gasteiger partial charge in [0.25, 0.3) is 0 Å². The monoisotopic (exact) mass is 438 g/mol. The Morgan fingerprint density at radius 2 is 1.31 bits per heavy atom. The lowest BCUT2D eigenvalue weighted by molar-refractivity contribution is -0.494. The molecular weight excluding hydrogens is 423 g/mol. The number of carbonyl (C=O) groups is 1. The number of halogens is 9. The second-order valence-electron chi connectivity index (χ2n) is 7.36. The maximum absolute atomic E-state index is 15.2. The summed E-state index contributed by atoms with van der Waals surface area (Å²) >= 11 is 0. The standard InChI is InChI=1S/C17H15F9O3/c1-12(2,3)29-14(20)11(28-10(27)9-7-5-4-6-8-9)13(18,19)15(21,22)17(25,26)16(14,23)24/h4-8,11H,1-3H3. The number of benzene rings is 1. The summed E-state index contributed by atoms with van der Waals surface area (Å²) in [7, 11) is 0. The number of rotatable bonds is 3. The van der Waals surface area contributed by atoms with E-state index in [1.165, 1.54) is 18.2 Å². The maximum Gasteiger partial charge on any atom is 0.384 e. The van der Waals surface area contributed by atoms with E-state index in [4.69, 9.17) is 0 Å². The topological polar surface area (TPSA) is 35.5 Å². The molecule has 1 saturated carbocycles. The molecule has 0 aromatic heterocycles. The first-order valence-electron chi connectivity index (χ1n) is 7.99. The Morgan fingerprint density at radius 3 is 1.76 bits per heavy atom. The molecule has 2 rings (SSSR count). The molecule has 0 saturated heterocycles. The third-order valence-corrected chi connectivity index (χ3v) is 3.99. The molecule has 0 radical (unpaired) electrons. The largest absolute Gasteiger partial charge is 0.446 e. The van der Waals surface area contributed by atoms with Crippen molar-refractivity contribution in [2.24, 2.45) is 0 Å². The average Bonchev–Trinajstić information content (AvgIpc) is 2.56. The van der Waals surface area contributed by atoms with Gasteiger partial charge in [0.1, 0.15) is 0 Å². The molecule has 2 atom stereocenters. The van der Waals surface area contributed by atoms with Gasteiger partial charge in [-0.15, -0.1) is 0 Å². The number of carbonyl (C=O) groups excluding carboxylic acids is 1. The van der Waals surface area contributed by atoms with Crippen LogP contribution in [0.25, 0.3) is 0 Å². The lowest BCUT2D eigenvalue weighted by Crippen LogP contribution is -2.82. The zero-order chi connectivity index (χ0) is 22.7. The number of hydrogen-bond acceptors (Lipinski definition) is 3. The quantitative estimate of drug-likeness (QED) is 0.478. The van der Waals surface area contributed by atoms with Crippen LogP contribution in [0, 0.1) is 0 Å². The Morgan fingerprint density at radius 1 is 0.828 bits per heavy atom. The van der Waals surface area contributed by atoms with Crippen molar-refractivity contribution in [3.63, 3.8) is 0 Å². The molecule has 1 aliphatic rings. The van der Waals surface area contributed by atoms with E-state index in [1.807, 2.05) is 0 Å². The third kappa shape index (κ3) is 3.24. The van der Waals surface area contributed by atoms with Crippen LogP contribution in [0.1, 0.15) is 31.1 Å². The zero-order valence-electron chi connectivity index (χ0n) is 15.1. The van der Waals surface area contributed by atoms with Gasteiger partial charge in [0.15, 0.2) is 0 Å². The van der Waals surface area contributed by atoms with E-state index in [9.17, 15) is 39.9 Å². The smallest absolute Gasteiger partial charge is 0.384 e. The highest BCUT2D eigenvalue weighted by molar-refractivity contribution is 5.89. The van der Waals surface area contributed by atoms with Crippen LogP contribution in [0.3, 0.4) is 0 Å². The highest BCUT2D eigenvalue weighted by Crippen LogP contribution is 2.65. The van der Waals surface area contributed by atoms with Gasteiger partial charge in [-0.25, -0.2) is 9.18 Å². The van der Waals surface area contributed by atoms with Gasteiger partial charge in [0, 0.05) is 0 Å². The third-order valence-electron chi connectivity index (χ3n) is 3.99. The predicted octanol–water partition coefficient (Wildman–Crippen LogP) is 5.25. The molecule has 1 fully saturated rings. The van der Waals surface area contributed by atoms with E-state index < -0.39 is 52.8 Å². The van der Waals surface area contributed by atoms with Gasteiger partial charge >= 0.3 is 35.5 Å². The van der Waals surface area contributed by atoms with Crippen molar-refractivity contribution in [3.8, 4) is 0 Å². The van der Waals surface area contributed by atoms with Gasteiger partial charge in [0.05, 0.1) is 11.2 Å². The Hall–Kier alpha value is -1.98. The first-order chi connectivity index (χ1) is 12.8. The maximum atomic E-state index is 15.2. The number of alkyl halides is 9. The predicted molar refractivity (Wildman–Crippen MR) is 80.1 cm³/mol. The van der Waals surface area contributed by atoms with E-state index >= 15 is 4.39 Å². The molecule has 3 nitrogen and oxygen atoms in total. The van der Waals surface area contributed by atoms with E-state index in [1.54, 1.807) is 0 Å². The van der Waals surface area contributed by atoms with E-state index in [0.717, 1.165) is 32.9 Å². The minimum Gasteiger partial charge on any atom is -0.446 e. The van der Waals surface area contributed by atoms with Crippen LogP contribution >= 0.6 is 0 Å². The zero-order valence-corrected chi connectivity index (χ0v) is 15.1. The fourth-order valence-corrected chi connectivity index (χ4v) is 2.65. The average molecular weight is 438 g/mol. The minimum absolute atomic E-state index is 0.606. The van der Waals surface area contributed by atoms with Crippen LogP contribution in [-0.2, 0) is 9.47 Å². The number of ether oxygens (including phenoxy) is 2. The molecule has 0 heterocycles. The summed E-state index contributed by atoms with van der Waals surface area (Å²) in [6, 6.07) is 5.51. The molecule has 12 heteroatoms. The molecule has 1 aromatic carbocycles. The Balaban J connectivity index is 2.68. The molecular formula is C17H15F9O3. The fourth-order valence-electron chi connectivity index (χ4n) is 2.65. The summed E-state index contributed by atoms with van der Waals surface area (Å²) < 4.78 is 135. The Bertz CT molecular complexity index is 774. The molecule has 29 heavy (non-hydrogen) atoms. The normalized spacial score (nSPS) is 29.9. The van der Waals surface area contributed by atoms with Gasteiger partial charge in [-0.05, 0) is 32.9 Å². The van der Waals surface area contributed by atoms with Crippen molar-refractivity contribution in [1.29, 1.82) is 0 Å². The fraction of sp³-hybridized carbons (Fsp3) is 0.588. The van der Waals surface area contributed by atoms with Crippen LogP contribution < -0.4 is 0 Å². The Labute approximate surface area is 158 Å². The van der Waals surface area contributed by atoms with Crippen molar-refractivity contribution in [3.05, 3.63) is 35.9 Å². The molecule has 164 valence electrons. The van der Waals surface area contributed by atoms with Gasteiger partial charge in [0.2, 0.25) is 6.10 Å². The molecule has 2 unspecified atom stereocenters. The van der Waals surface area contributed by atoms with E-state index in [-0.39, 0.29) is 0 Å². The summed E-state index contributed by atoms with van der Waals surface area (Å²) in [5, 5.41) is 0. The number of esters is 1. The molecule has 0 amide bonds.